The van der Waals surface area contributed by atoms with Gasteiger partial charge in [-0.3, -0.25) is 14.5 Å². The second-order valence-corrected chi connectivity index (χ2v) is 10.1. The highest BCUT2D eigenvalue weighted by atomic mass is 16.2. The molecule has 0 unspecified atom stereocenters. The van der Waals surface area contributed by atoms with Crippen molar-refractivity contribution in [1.82, 2.24) is 20.4 Å². The van der Waals surface area contributed by atoms with Crippen LogP contribution in [0.4, 0.5) is 10.5 Å². The standard InChI is InChI=1S/C29H38N6O3/c1-21(2)18-26(28(37)31-15-14-30)33-27(36)23-10-7-11-24(19-23)32-29(38)34(3)25-12-16-35(17-13-25)20-22-8-5-4-6-9-22/h4-11,19,21,25-26H,12-13,15-18,20H2,1-3H3,(H,31,37)(H,32,38)(H,33,36)/t26-/m0/s1. The number of nitrogens with zero attached hydrogens (tertiary/aromatic N) is 3. The monoisotopic (exact) mass is 518 g/mol. The van der Waals surface area contributed by atoms with Crippen LogP contribution >= 0.6 is 0 Å². The molecule has 202 valence electrons. The lowest BCUT2D eigenvalue weighted by Gasteiger charge is -2.36. The Morgan fingerprint density at radius 2 is 1.79 bits per heavy atom. The molecule has 3 rings (SSSR count). The zero-order valence-electron chi connectivity index (χ0n) is 22.4. The van der Waals surface area contributed by atoms with E-state index in [0.29, 0.717) is 17.7 Å². The largest absolute Gasteiger partial charge is 0.341 e. The first-order valence-electron chi connectivity index (χ1n) is 13.1. The number of urea groups is 1. The Labute approximate surface area is 225 Å². The number of amides is 4. The van der Waals surface area contributed by atoms with E-state index in [1.165, 1.54) is 5.56 Å². The van der Waals surface area contributed by atoms with Crippen molar-refractivity contribution in [2.24, 2.45) is 5.92 Å². The second kappa shape index (κ2) is 14.1. The molecule has 1 saturated heterocycles. The molecular formula is C29H38N6O3. The summed E-state index contributed by atoms with van der Waals surface area (Å²) >= 11 is 0. The Morgan fingerprint density at radius 1 is 1.08 bits per heavy atom. The molecular weight excluding hydrogens is 480 g/mol. The summed E-state index contributed by atoms with van der Waals surface area (Å²) in [6, 6.07) is 18.1. The number of likely N-dealkylation sites (tertiary alicyclic amines) is 1. The predicted molar refractivity (Wildman–Crippen MR) is 147 cm³/mol. The molecule has 9 heteroatoms. The summed E-state index contributed by atoms with van der Waals surface area (Å²) in [4.78, 5) is 42.4. The molecule has 2 aromatic carbocycles. The molecule has 0 aliphatic carbocycles. The Balaban J connectivity index is 1.54. The number of hydrogen-bond acceptors (Lipinski definition) is 5. The van der Waals surface area contributed by atoms with E-state index in [9.17, 15) is 14.4 Å². The van der Waals surface area contributed by atoms with Gasteiger partial charge in [-0.2, -0.15) is 5.26 Å². The Bertz CT molecular complexity index is 1120. The zero-order valence-corrected chi connectivity index (χ0v) is 22.4. The van der Waals surface area contributed by atoms with E-state index >= 15 is 0 Å². The quantitative estimate of drug-likeness (QED) is 0.416. The molecule has 1 aliphatic rings. The van der Waals surface area contributed by atoms with Crippen LogP contribution in [0.25, 0.3) is 0 Å². The number of carbonyl (C=O) groups is 3. The Kier molecular flexibility index (Phi) is 10.7. The minimum absolute atomic E-state index is 0.121. The van der Waals surface area contributed by atoms with Gasteiger partial charge in [0.15, 0.2) is 0 Å². The van der Waals surface area contributed by atoms with Crippen LogP contribution in [0.2, 0.25) is 0 Å². The van der Waals surface area contributed by atoms with E-state index in [1.807, 2.05) is 26.0 Å². The van der Waals surface area contributed by atoms with Crippen LogP contribution in [0.3, 0.4) is 0 Å². The Morgan fingerprint density at radius 3 is 2.45 bits per heavy atom. The van der Waals surface area contributed by atoms with Gasteiger partial charge in [-0.1, -0.05) is 50.2 Å². The molecule has 0 radical (unpaired) electrons. The average molecular weight is 519 g/mol. The molecule has 1 aliphatic heterocycles. The van der Waals surface area contributed by atoms with Crippen molar-refractivity contribution in [2.75, 3.05) is 32.0 Å². The third-order valence-electron chi connectivity index (χ3n) is 6.72. The van der Waals surface area contributed by atoms with E-state index in [2.05, 4.69) is 45.1 Å². The highest BCUT2D eigenvalue weighted by Crippen LogP contribution is 2.19. The molecule has 3 N–H and O–H groups in total. The highest BCUT2D eigenvalue weighted by Gasteiger charge is 2.26. The first-order valence-corrected chi connectivity index (χ1v) is 13.1. The average Bonchev–Trinajstić information content (AvgIpc) is 2.91. The van der Waals surface area contributed by atoms with Crippen LogP contribution in [0.1, 0.15) is 49.0 Å². The van der Waals surface area contributed by atoms with Crippen molar-refractivity contribution in [2.45, 2.75) is 51.7 Å². The minimum atomic E-state index is -0.756. The van der Waals surface area contributed by atoms with Crippen molar-refractivity contribution < 1.29 is 14.4 Å². The summed E-state index contributed by atoms with van der Waals surface area (Å²) in [7, 11) is 1.81. The van der Waals surface area contributed by atoms with Gasteiger partial charge in [-0.15, -0.1) is 0 Å². The summed E-state index contributed by atoms with van der Waals surface area (Å²) in [5, 5.41) is 16.9. The van der Waals surface area contributed by atoms with Crippen LogP contribution in [0.5, 0.6) is 0 Å². The smallest absolute Gasteiger partial charge is 0.321 e. The lowest BCUT2D eigenvalue weighted by atomic mass is 10.0. The highest BCUT2D eigenvalue weighted by molar-refractivity contribution is 5.99. The summed E-state index contributed by atoms with van der Waals surface area (Å²) in [6.07, 6.45) is 2.23. The van der Waals surface area contributed by atoms with Gasteiger partial charge in [0.1, 0.15) is 12.6 Å². The van der Waals surface area contributed by atoms with E-state index in [1.54, 1.807) is 36.2 Å². The fraction of sp³-hybridized carbons (Fsp3) is 0.448. The zero-order chi connectivity index (χ0) is 27.5. The van der Waals surface area contributed by atoms with Crippen LogP contribution in [0, 0.1) is 17.2 Å². The molecule has 2 aromatic rings. The van der Waals surface area contributed by atoms with Gasteiger partial charge in [0.05, 0.1) is 6.07 Å². The number of nitriles is 1. The number of carbonyl (C=O) groups excluding carboxylic acids is 3. The van der Waals surface area contributed by atoms with E-state index in [4.69, 9.17) is 5.26 Å². The van der Waals surface area contributed by atoms with Crippen LogP contribution in [-0.2, 0) is 11.3 Å². The van der Waals surface area contributed by atoms with Crippen LogP contribution in [-0.4, -0.2) is 66.4 Å². The summed E-state index contributed by atoms with van der Waals surface area (Å²) in [6.45, 7) is 6.55. The number of nitrogens with one attached hydrogen (secondary N) is 3. The van der Waals surface area contributed by atoms with Crippen molar-refractivity contribution in [3.05, 3.63) is 65.7 Å². The predicted octanol–water partition coefficient (Wildman–Crippen LogP) is 3.60. The van der Waals surface area contributed by atoms with Crippen LogP contribution < -0.4 is 16.0 Å². The summed E-state index contributed by atoms with van der Waals surface area (Å²) in [5.41, 5.74) is 2.13. The summed E-state index contributed by atoms with van der Waals surface area (Å²) < 4.78 is 0. The van der Waals surface area contributed by atoms with Crippen molar-refractivity contribution >= 4 is 23.5 Å². The number of rotatable bonds is 10. The molecule has 0 aromatic heterocycles. The maximum absolute atomic E-state index is 13.0. The van der Waals surface area contributed by atoms with Gasteiger partial charge in [0.2, 0.25) is 5.91 Å². The third kappa shape index (κ3) is 8.60. The maximum Gasteiger partial charge on any atom is 0.321 e. The van der Waals surface area contributed by atoms with E-state index in [0.717, 1.165) is 32.5 Å². The number of piperidine rings is 1. The maximum atomic E-state index is 13.0. The summed E-state index contributed by atoms with van der Waals surface area (Å²) in [5.74, 6) is -0.646. The number of hydrogen-bond donors (Lipinski definition) is 3. The van der Waals surface area contributed by atoms with E-state index in [-0.39, 0.29) is 24.5 Å². The molecule has 0 spiro atoms. The van der Waals surface area contributed by atoms with Crippen LogP contribution in [0.15, 0.2) is 54.6 Å². The van der Waals surface area contributed by atoms with Crippen molar-refractivity contribution in [3.63, 3.8) is 0 Å². The fourth-order valence-corrected chi connectivity index (χ4v) is 4.62. The molecule has 4 amide bonds. The lowest BCUT2D eigenvalue weighted by Crippen LogP contribution is -2.47. The van der Waals surface area contributed by atoms with Gasteiger partial charge >= 0.3 is 6.03 Å². The fourth-order valence-electron chi connectivity index (χ4n) is 4.62. The normalized spacial score (nSPS) is 14.8. The molecule has 1 atom stereocenters. The molecule has 38 heavy (non-hydrogen) atoms. The van der Waals surface area contributed by atoms with Gasteiger partial charge in [0.25, 0.3) is 5.91 Å². The molecule has 9 nitrogen and oxygen atoms in total. The van der Waals surface area contributed by atoms with Gasteiger partial charge in [-0.05, 0) is 48.9 Å². The molecule has 0 saturated carbocycles. The van der Waals surface area contributed by atoms with Gasteiger partial charge in [-0.25, -0.2) is 4.79 Å². The first-order chi connectivity index (χ1) is 18.3. The van der Waals surface area contributed by atoms with E-state index < -0.39 is 17.9 Å². The Hall–Kier alpha value is -3.90. The lowest BCUT2D eigenvalue weighted by molar-refractivity contribution is -0.123. The number of anilines is 1. The second-order valence-electron chi connectivity index (χ2n) is 10.1. The molecule has 0 bridgehead atoms. The third-order valence-corrected chi connectivity index (χ3v) is 6.72. The van der Waals surface area contributed by atoms with Gasteiger partial charge < -0.3 is 20.9 Å². The van der Waals surface area contributed by atoms with Crippen molar-refractivity contribution in [1.29, 1.82) is 5.26 Å². The number of benzene rings is 2. The SMILES string of the molecule is CC(C)C[C@H](NC(=O)c1cccc(NC(=O)N(C)C2CCN(Cc3ccccc3)CC2)c1)C(=O)NCC#N. The first kappa shape index (κ1) is 28.7. The molecule has 1 fully saturated rings. The van der Waals surface area contributed by atoms with Gasteiger partial charge in [0, 0.05) is 44.0 Å². The molecule has 1 heterocycles. The van der Waals surface area contributed by atoms with Crippen molar-refractivity contribution in [3.8, 4) is 6.07 Å². The topological polar surface area (TPSA) is 118 Å². The minimum Gasteiger partial charge on any atom is -0.341 e.